The number of nitrogens with zero attached hydrogens (tertiary/aromatic N) is 5. The molecule has 0 saturated carbocycles. The number of rotatable bonds is 3. The molecule has 0 aromatic carbocycles. The van der Waals surface area contributed by atoms with E-state index in [-0.39, 0.29) is 0 Å². The number of hydrogen-bond donors (Lipinski definition) is 0. The van der Waals surface area contributed by atoms with Gasteiger partial charge in [-0.15, -0.1) is 0 Å². The Morgan fingerprint density at radius 3 is 2.21 bits per heavy atom. The van der Waals surface area contributed by atoms with Gasteiger partial charge < -0.3 is 9.05 Å². The van der Waals surface area contributed by atoms with Gasteiger partial charge in [-0.25, -0.2) is 4.98 Å². The Bertz CT molecular complexity index is 703. The molecule has 0 amide bonds. The van der Waals surface area contributed by atoms with E-state index < -0.39 is 0 Å². The molecule has 0 unspecified atom stereocenters. The third-order valence-corrected chi connectivity index (χ3v) is 2.50. The van der Waals surface area contributed by atoms with Gasteiger partial charge in [0.05, 0.1) is 0 Å². The highest BCUT2D eigenvalue weighted by molar-refractivity contribution is 5.55. The summed E-state index contributed by atoms with van der Waals surface area (Å²) < 4.78 is 10.2. The second kappa shape index (κ2) is 4.60. The van der Waals surface area contributed by atoms with E-state index in [1.165, 1.54) is 0 Å². The van der Waals surface area contributed by atoms with E-state index in [9.17, 15) is 0 Å². The molecule has 96 valence electrons. The quantitative estimate of drug-likeness (QED) is 0.709. The average Bonchev–Trinajstić information content (AvgIpc) is 3.07. The number of pyridine rings is 1. The van der Waals surface area contributed by atoms with Crippen LogP contribution in [0.5, 0.6) is 0 Å². The van der Waals surface area contributed by atoms with E-state index in [0.29, 0.717) is 41.2 Å². The molecule has 3 aromatic rings. The van der Waals surface area contributed by atoms with Crippen LogP contribution in [0, 0.1) is 6.92 Å². The van der Waals surface area contributed by atoms with Crippen molar-refractivity contribution in [1.29, 1.82) is 0 Å². The fourth-order valence-electron chi connectivity index (χ4n) is 1.58. The normalized spacial score (nSPS) is 10.8. The zero-order valence-corrected chi connectivity index (χ0v) is 10.5. The predicted molar refractivity (Wildman–Crippen MR) is 64.9 cm³/mol. The molecule has 0 atom stereocenters. The van der Waals surface area contributed by atoms with Crippen LogP contribution in [-0.2, 0) is 6.42 Å². The Balaban J connectivity index is 2.00. The summed E-state index contributed by atoms with van der Waals surface area (Å²) in [5, 5.41) is 7.58. The lowest BCUT2D eigenvalue weighted by Crippen LogP contribution is -1.89. The van der Waals surface area contributed by atoms with Crippen molar-refractivity contribution < 1.29 is 9.05 Å². The van der Waals surface area contributed by atoms with E-state index in [4.69, 9.17) is 9.05 Å². The second-order valence-electron chi connectivity index (χ2n) is 3.92. The molecule has 3 heterocycles. The molecule has 7 heteroatoms. The first-order valence-corrected chi connectivity index (χ1v) is 5.87. The highest BCUT2D eigenvalue weighted by atomic mass is 16.5. The molecule has 19 heavy (non-hydrogen) atoms. The van der Waals surface area contributed by atoms with Gasteiger partial charge >= 0.3 is 0 Å². The molecule has 0 radical (unpaired) electrons. The Morgan fingerprint density at radius 2 is 1.63 bits per heavy atom. The molecule has 0 fully saturated rings. The molecule has 7 nitrogen and oxygen atoms in total. The summed E-state index contributed by atoms with van der Waals surface area (Å²) in [5.41, 5.74) is 1.16. The van der Waals surface area contributed by atoms with Crippen molar-refractivity contribution in [2.75, 3.05) is 0 Å². The fraction of sp³-hybridized carbons (Fsp3) is 0.250. The third-order valence-electron chi connectivity index (χ3n) is 2.50. The molecule has 0 aliphatic rings. The van der Waals surface area contributed by atoms with Crippen molar-refractivity contribution in [1.82, 2.24) is 25.3 Å². The highest BCUT2D eigenvalue weighted by Crippen LogP contribution is 2.20. The van der Waals surface area contributed by atoms with Gasteiger partial charge in [0.1, 0.15) is 11.4 Å². The van der Waals surface area contributed by atoms with Crippen LogP contribution in [0.1, 0.15) is 18.6 Å². The average molecular weight is 257 g/mol. The molecular formula is C12H11N5O2. The van der Waals surface area contributed by atoms with Crippen molar-refractivity contribution in [2.24, 2.45) is 0 Å². The minimum absolute atomic E-state index is 0.370. The largest absolute Gasteiger partial charge is 0.332 e. The van der Waals surface area contributed by atoms with Crippen molar-refractivity contribution in [3.63, 3.8) is 0 Å². The summed E-state index contributed by atoms with van der Waals surface area (Å²) >= 11 is 0. The van der Waals surface area contributed by atoms with Crippen LogP contribution >= 0.6 is 0 Å². The summed E-state index contributed by atoms with van der Waals surface area (Å²) in [6.45, 7) is 3.71. The molecular weight excluding hydrogens is 246 g/mol. The molecule has 0 N–H and O–H groups in total. The molecule has 3 aromatic heterocycles. The van der Waals surface area contributed by atoms with E-state index in [0.717, 1.165) is 0 Å². The Hall–Kier alpha value is -2.57. The van der Waals surface area contributed by atoms with Crippen LogP contribution in [-0.4, -0.2) is 25.3 Å². The lowest BCUT2D eigenvalue weighted by Gasteiger charge is -1.96. The molecule has 0 aliphatic heterocycles. The van der Waals surface area contributed by atoms with Gasteiger partial charge in [0.2, 0.25) is 0 Å². The lowest BCUT2D eigenvalue weighted by molar-refractivity contribution is 0.420. The third kappa shape index (κ3) is 2.22. The first-order valence-electron chi connectivity index (χ1n) is 5.87. The fourth-order valence-corrected chi connectivity index (χ4v) is 1.58. The smallest absolute Gasteiger partial charge is 0.276 e. The summed E-state index contributed by atoms with van der Waals surface area (Å²) in [4.78, 5) is 12.7. The van der Waals surface area contributed by atoms with Crippen LogP contribution in [0.4, 0.5) is 0 Å². The Kier molecular flexibility index (Phi) is 2.79. The Labute approximate surface area is 108 Å². The minimum Gasteiger partial charge on any atom is -0.332 e. The molecule has 0 bridgehead atoms. The van der Waals surface area contributed by atoms with Gasteiger partial charge in [0.25, 0.3) is 11.8 Å². The van der Waals surface area contributed by atoms with Crippen molar-refractivity contribution in [2.45, 2.75) is 20.3 Å². The van der Waals surface area contributed by atoms with Crippen LogP contribution in [0.3, 0.4) is 0 Å². The monoisotopic (exact) mass is 257 g/mol. The zero-order valence-electron chi connectivity index (χ0n) is 10.5. The van der Waals surface area contributed by atoms with Crippen LogP contribution in [0.25, 0.3) is 23.2 Å². The molecule has 0 saturated heterocycles. The lowest BCUT2D eigenvalue weighted by atomic mass is 10.3. The standard InChI is InChI=1S/C12H11N5O2/c1-3-10-15-12(19-17-10)9-6-4-5-8(14-9)11-13-7(2)16-18-11/h4-6H,3H2,1-2H3. The Morgan fingerprint density at radius 1 is 0.947 bits per heavy atom. The van der Waals surface area contributed by atoms with Crippen molar-refractivity contribution in [3.8, 4) is 23.2 Å². The van der Waals surface area contributed by atoms with E-state index in [1.807, 2.05) is 13.0 Å². The van der Waals surface area contributed by atoms with E-state index >= 15 is 0 Å². The van der Waals surface area contributed by atoms with Crippen LogP contribution < -0.4 is 0 Å². The second-order valence-corrected chi connectivity index (χ2v) is 3.92. The predicted octanol–water partition coefficient (Wildman–Crippen LogP) is 2.05. The summed E-state index contributed by atoms with van der Waals surface area (Å²) in [6, 6.07) is 5.40. The van der Waals surface area contributed by atoms with Gasteiger partial charge in [-0.2, -0.15) is 9.97 Å². The SMILES string of the molecule is CCc1noc(-c2cccc(-c3nc(C)no3)n2)n1. The number of hydrogen-bond acceptors (Lipinski definition) is 7. The topological polar surface area (TPSA) is 90.7 Å². The summed E-state index contributed by atoms with van der Waals surface area (Å²) in [7, 11) is 0. The minimum atomic E-state index is 0.370. The van der Waals surface area contributed by atoms with Gasteiger partial charge in [-0.1, -0.05) is 23.3 Å². The first-order chi connectivity index (χ1) is 9.26. The summed E-state index contributed by atoms with van der Waals surface area (Å²) in [6.07, 6.45) is 0.714. The van der Waals surface area contributed by atoms with Gasteiger partial charge in [-0.3, -0.25) is 0 Å². The zero-order chi connectivity index (χ0) is 13.2. The maximum atomic E-state index is 5.15. The van der Waals surface area contributed by atoms with E-state index in [1.54, 1.807) is 19.1 Å². The van der Waals surface area contributed by atoms with Gasteiger partial charge in [0.15, 0.2) is 11.6 Å². The van der Waals surface area contributed by atoms with Crippen molar-refractivity contribution in [3.05, 3.63) is 29.8 Å². The molecule has 0 aliphatic carbocycles. The van der Waals surface area contributed by atoms with Gasteiger partial charge in [-0.05, 0) is 19.1 Å². The van der Waals surface area contributed by atoms with Gasteiger partial charge in [0, 0.05) is 6.42 Å². The van der Waals surface area contributed by atoms with E-state index in [2.05, 4.69) is 25.3 Å². The molecule has 3 rings (SSSR count). The number of aromatic nitrogens is 5. The van der Waals surface area contributed by atoms with Crippen molar-refractivity contribution >= 4 is 0 Å². The number of aryl methyl sites for hydroxylation is 2. The van der Waals surface area contributed by atoms with Crippen LogP contribution in [0.15, 0.2) is 27.2 Å². The maximum Gasteiger partial charge on any atom is 0.276 e. The summed E-state index contributed by atoms with van der Waals surface area (Å²) in [5.74, 6) is 1.97. The first kappa shape index (κ1) is 11.5. The highest BCUT2D eigenvalue weighted by Gasteiger charge is 2.13. The van der Waals surface area contributed by atoms with Crippen LogP contribution in [0.2, 0.25) is 0 Å². The molecule has 0 spiro atoms. The maximum absolute atomic E-state index is 5.15.